The molecule has 0 heterocycles. The van der Waals surface area contributed by atoms with Crippen molar-refractivity contribution in [2.75, 3.05) is 13.7 Å². The van der Waals surface area contributed by atoms with Crippen LogP contribution in [0, 0.1) is 5.82 Å². The zero-order valence-electron chi connectivity index (χ0n) is 12.6. The van der Waals surface area contributed by atoms with Crippen LogP contribution < -0.4 is 5.32 Å². The fourth-order valence-corrected chi connectivity index (χ4v) is 2.69. The van der Waals surface area contributed by atoms with E-state index in [1.807, 2.05) is 12.1 Å². The van der Waals surface area contributed by atoms with E-state index in [9.17, 15) is 4.39 Å². The van der Waals surface area contributed by atoms with Crippen LogP contribution in [0.25, 0.3) is 0 Å². The van der Waals surface area contributed by atoms with Gasteiger partial charge in [-0.25, -0.2) is 4.39 Å². The van der Waals surface area contributed by atoms with Crippen molar-refractivity contribution in [2.45, 2.75) is 51.7 Å². The molecule has 0 fully saturated rings. The molecule has 20 heavy (non-hydrogen) atoms. The molecule has 1 N–H and O–H groups in total. The van der Waals surface area contributed by atoms with E-state index in [-0.39, 0.29) is 18.0 Å². The lowest BCUT2D eigenvalue weighted by atomic mass is 9.97. The van der Waals surface area contributed by atoms with Gasteiger partial charge in [0.1, 0.15) is 5.82 Å². The summed E-state index contributed by atoms with van der Waals surface area (Å²) >= 11 is 3.29. The summed E-state index contributed by atoms with van der Waals surface area (Å²) in [4.78, 5) is 0. The smallest absolute Gasteiger partial charge is 0.127 e. The molecule has 2 nitrogen and oxygen atoms in total. The molecule has 1 aromatic rings. The van der Waals surface area contributed by atoms with Gasteiger partial charge in [-0.3, -0.25) is 0 Å². The van der Waals surface area contributed by atoms with Crippen LogP contribution in [-0.4, -0.2) is 25.8 Å². The first-order valence-electron chi connectivity index (χ1n) is 7.32. The standard InChI is InChI=1S/C16H25BrFNO/c1-4-6-16(20-3)15(19-9-5-2)10-12-7-8-13(17)11-14(12)18/h7-8,11,15-16,19H,4-6,9-10H2,1-3H3. The summed E-state index contributed by atoms with van der Waals surface area (Å²) in [5.74, 6) is -0.158. The number of ether oxygens (including phenoxy) is 1. The summed E-state index contributed by atoms with van der Waals surface area (Å²) in [6, 6.07) is 5.40. The van der Waals surface area contributed by atoms with E-state index >= 15 is 0 Å². The van der Waals surface area contributed by atoms with Gasteiger partial charge >= 0.3 is 0 Å². The van der Waals surface area contributed by atoms with E-state index in [0.29, 0.717) is 6.42 Å². The summed E-state index contributed by atoms with van der Waals surface area (Å²) in [6.07, 6.45) is 3.87. The lowest BCUT2D eigenvalue weighted by Gasteiger charge is -2.27. The third-order valence-electron chi connectivity index (χ3n) is 3.44. The SMILES string of the molecule is CCCNC(Cc1ccc(Br)cc1F)C(CCC)OC. The third-order valence-corrected chi connectivity index (χ3v) is 3.93. The number of nitrogens with one attached hydrogen (secondary N) is 1. The number of benzene rings is 1. The average Bonchev–Trinajstić information content (AvgIpc) is 2.43. The van der Waals surface area contributed by atoms with E-state index in [2.05, 4.69) is 35.1 Å². The van der Waals surface area contributed by atoms with Gasteiger partial charge < -0.3 is 10.1 Å². The Kier molecular flexibility index (Phi) is 8.34. The maximum Gasteiger partial charge on any atom is 0.127 e. The minimum atomic E-state index is -0.158. The summed E-state index contributed by atoms with van der Waals surface area (Å²) in [6.45, 7) is 5.20. The van der Waals surface area contributed by atoms with Gasteiger partial charge in [-0.2, -0.15) is 0 Å². The molecule has 0 aromatic heterocycles. The molecule has 0 saturated heterocycles. The van der Waals surface area contributed by atoms with Crippen LogP contribution in [0.5, 0.6) is 0 Å². The normalized spacial score (nSPS) is 14.2. The van der Waals surface area contributed by atoms with Gasteiger partial charge in [0.05, 0.1) is 6.10 Å². The van der Waals surface area contributed by atoms with Crippen molar-refractivity contribution in [3.63, 3.8) is 0 Å². The fourth-order valence-electron chi connectivity index (χ4n) is 2.36. The van der Waals surface area contributed by atoms with Gasteiger partial charge in [0.25, 0.3) is 0 Å². The van der Waals surface area contributed by atoms with Gasteiger partial charge in [-0.05, 0) is 43.5 Å². The van der Waals surface area contributed by atoms with Gasteiger partial charge in [-0.15, -0.1) is 0 Å². The van der Waals surface area contributed by atoms with Crippen LogP contribution in [0.3, 0.4) is 0 Å². The molecular weight excluding hydrogens is 321 g/mol. The van der Waals surface area contributed by atoms with Crippen LogP contribution >= 0.6 is 15.9 Å². The maximum absolute atomic E-state index is 14.0. The number of hydrogen-bond acceptors (Lipinski definition) is 2. The van der Waals surface area contributed by atoms with Crippen LogP contribution in [0.4, 0.5) is 4.39 Å². The summed E-state index contributed by atoms with van der Waals surface area (Å²) in [7, 11) is 1.74. The zero-order valence-corrected chi connectivity index (χ0v) is 14.2. The van der Waals surface area contributed by atoms with Crippen molar-refractivity contribution in [3.8, 4) is 0 Å². The quantitative estimate of drug-likeness (QED) is 0.719. The van der Waals surface area contributed by atoms with Crippen LogP contribution in [-0.2, 0) is 11.2 Å². The monoisotopic (exact) mass is 345 g/mol. The number of methoxy groups -OCH3 is 1. The topological polar surface area (TPSA) is 21.3 Å². The molecule has 0 radical (unpaired) electrons. The molecule has 0 spiro atoms. The minimum absolute atomic E-state index is 0.120. The highest BCUT2D eigenvalue weighted by molar-refractivity contribution is 9.10. The van der Waals surface area contributed by atoms with Crippen molar-refractivity contribution < 1.29 is 9.13 Å². The number of halogens is 2. The lowest BCUT2D eigenvalue weighted by Crippen LogP contribution is -2.43. The first kappa shape index (κ1) is 17.6. The average molecular weight is 346 g/mol. The largest absolute Gasteiger partial charge is 0.380 e. The van der Waals surface area contributed by atoms with Gasteiger partial charge in [-0.1, -0.05) is 42.3 Å². The van der Waals surface area contributed by atoms with Gasteiger partial charge in [0, 0.05) is 17.6 Å². The van der Waals surface area contributed by atoms with E-state index in [0.717, 1.165) is 35.8 Å². The van der Waals surface area contributed by atoms with Crippen molar-refractivity contribution in [1.82, 2.24) is 5.32 Å². The van der Waals surface area contributed by atoms with E-state index < -0.39 is 0 Å². The molecular formula is C16H25BrFNO. The highest BCUT2D eigenvalue weighted by Crippen LogP contribution is 2.19. The summed E-state index contributed by atoms with van der Waals surface area (Å²) in [5, 5.41) is 3.49. The molecule has 2 unspecified atom stereocenters. The van der Waals surface area contributed by atoms with E-state index in [1.165, 1.54) is 6.07 Å². The Morgan fingerprint density at radius 3 is 2.60 bits per heavy atom. The number of hydrogen-bond donors (Lipinski definition) is 1. The van der Waals surface area contributed by atoms with Crippen molar-refractivity contribution in [1.29, 1.82) is 0 Å². The predicted molar refractivity (Wildman–Crippen MR) is 85.6 cm³/mol. The van der Waals surface area contributed by atoms with Gasteiger partial charge in [0.15, 0.2) is 0 Å². The molecule has 0 saturated carbocycles. The highest BCUT2D eigenvalue weighted by atomic mass is 79.9. The number of rotatable bonds is 9. The fraction of sp³-hybridized carbons (Fsp3) is 0.625. The first-order chi connectivity index (χ1) is 9.62. The Bertz CT molecular complexity index is 400. The van der Waals surface area contributed by atoms with Gasteiger partial charge in [0.2, 0.25) is 0 Å². The van der Waals surface area contributed by atoms with Crippen molar-refractivity contribution in [2.24, 2.45) is 0 Å². The molecule has 0 amide bonds. The predicted octanol–water partition coefficient (Wildman–Crippen LogP) is 4.31. The highest BCUT2D eigenvalue weighted by Gasteiger charge is 2.21. The molecule has 1 rings (SSSR count). The van der Waals surface area contributed by atoms with Crippen LogP contribution in [0.2, 0.25) is 0 Å². The minimum Gasteiger partial charge on any atom is -0.380 e. The Labute approximate surface area is 130 Å². The second kappa shape index (κ2) is 9.48. The van der Waals surface area contributed by atoms with Crippen molar-refractivity contribution in [3.05, 3.63) is 34.1 Å². The molecule has 2 atom stereocenters. The molecule has 0 aliphatic rings. The van der Waals surface area contributed by atoms with E-state index in [4.69, 9.17) is 4.74 Å². The Morgan fingerprint density at radius 2 is 2.05 bits per heavy atom. The van der Waals surface area contributed by atoms with Crippen LogP contribution in [0.1, 0.15) is 38.7 Å². The zero-order chi connectivity index (χ0) is 15.0. The molecule has 1 aromatic carbocycles. The second-order valence-corrected chi connectivity index (χ2v) is 5.98. The Hall–Kier alpha value is -0.450. The molecule has 0 aliphatic heterocycles. The summed E-state index contributed by atoms with van der Waals surface area (Å²) < 4.78 is 20.4. The third kappa shape index (κ3) is 5.51. The Balaban J connectivity index is 2.81. The summed E-state index contributed by atoms with van der Waals surface area (Å²) in [5.41, 5.74) is 0.736. The van der Waals surface area contributed by atoms with Crippen LogP contribution in [0.15, 0.2) is 22.7 Å². The first-order valence-corrected chi connectivity index (χ1v) is 8.11. The Morgan fingerprint density at radius 1 is 1.30 bits per heavy atom. The molecule has 4 heteroatoms. The lowest BCUT2D eigenvalue weighted by molar-refractivity contribution is 0.0606. The van der Waals surface area contributed by atoms with E-state index in [1.54, 1.807) is 7.11 Å². The second-order valence-electron chi connectivity index (χ2n) is 5.06. The molecule has 0 aliphatic carbocycles. The molecule has 114 valence electrons. The molecule has 0 bridgehead atoms. The van der Waals surface area contributed by atoms with Crippen molar-refractivity contribution >= 4 is 15.9 Å². The maximum atomic E-state index is 14.0.